The molecule has 0 aliphatic carbocycles. The molecule has 3 aromatic heterocycles. The molecule has 3 aromatic rings. The lowest BCUT2D eigenvalue weighted by atomic mass is 10.0. The van der Waals surface area contributed by atoms with Crippen molar-refractivity contribution in [3.05, 3.63) is 36.5 Å². The first-order chi connectivity index (χ1) is 16.7. The van der Waals surface area contributed by atoms with Crippen molar-refractivity contribution in [2.24, 2.45) is 0 Å². The Hall–Kier alpha value is -3.48. The second kappa shape index (κ2) is 9.19. The maximum Gasteiger partial charge on any atom is 0.422 e. The fourth-order valence-electron chi connectivity index (χ4n) is 3.82. The van der Waals surface area contributed by atoms with E-state index in [1.165, 1.54) is 16.8 Å². The van der Waals surface area contributed by atoms with E-state index in [-0.39, 0.29) is 12.1 Å². The minimum Gasteiger partial charge on any atom is -0.444 e. The predicted octanol–water partition coefficient (Wildman–Crippen LogP) is 3.77. The number of aliphatic hydroxyl groups is 1. The number of aromatic nitrogens is 5. The highest BCUT2D eigenvalue weighted by atomic mass is 19.4. The number of ether oxygens (including phenoxy) is 1. The van der Waals surface area contributed by atoms with E-state index in [0.29, 0.717) is 43.0 Å². The van der Waals surface area contributed by atoms with Gasteiger partial charge in [-0.3, -0.25) is 9.38 Å². The molecule has 0 spiro atoms. The van der Waals surface area contributed by atoms with E-state index >= 15 is 0 Å². The molecule has 1 fully saturated rings. The highest BCUT2D eigenvalue weighted by molar-refractivity contribution is 5.68. The van der Waals surface area contributed by atoms with Gasteiger partial charge in [0.15, 0.2) is 5.65 Å². The second-order valence-electron chi connectivity index (χ2n) is 9.89. The van der Waals surface area contributed by atoms with Gasteiger partial charge in [0, 0.05) is 31.5 Å². The smallest absolute Gasteiger partial charge is 0.422 e. The Kier molecular flexibility index (Phi) is 6.54. The molecule has 36 heavy (non-hydrogen) atoms. The average Bonchev–Trinajstić information content (AvgIpc) is 3.21. The number of piperidine rings is 1. The van der Waals surface area contributed by atoms with E-state index in [0.717, 1.165) is 25.2 Å². The van der Waals surface area contributed by atoms with Gasteiger partial charge in [0.05, 0.1) is 29.5 Å². The first-order valence-electron chi connectivity index (χ1n) is 11.5. The van der Waals surface area contributed by atoms with Crippen LogP contribution in [-0.2, 0) is 10.3 Å². The summed E-state index contributed by atoms with van der Waals surface area (Å²) in [5.74, 6) is 0.301. The topological polar surface area (TPSA) is 118 Å². The van der Waals surface area contributed by atoms with Gasteiger partial charge in [-0.25, -0.2) is 19.7 Å². The quantitative estimate of drug-likeness (QED) is 0.548. The third-order valence-electron chi connectivity index (χ3n) is 5.77. The summed E-state index contributed by atoms with van der Waals surface area (Å²) in [5.41, 5.74) is -3.20. The number of carbonyl (C=O) groups excluding carboxylic acids is 1. The summed E-state index contributed by atoms with van der Waals surface area (Å²) < 4.78 is 46.8. The van der Waals surface area contributed by atoms with E-state index in [2.05, 4.69) is 25.3 Å². The highest BCUT2D eigenvalue weighted by Gasteiger charge is 2.52. The average molecular weight is 508 g/mol. The Bertz CT molecular complexity index is 1250. The number of alkyl halides is 3. The molecule has 2 atom stereocenters. The van der Waals surface area contributed by atoms with E-state index in [1.54, 1.807) is 11.0 Å². The third-order valence-corrected chi connectivity index (χ3v) is 5.77. The number of rotatable bonds is 4. The number of anilines is 1. The fraction of sp³-hybridized carbons (Fsp3) is 0.522. The number of imidazole rings is 1. The van der Waals surface area contributed by atoms with Gasteiger partial charge in [0.1, 0.15) is 5.60 Å². The molecule has 4 heterocycles. The SMILES string of the molecule is CC(C)(C)OC(=O)N1CCCC(Nc2nccc(-c3cnc4cnc(C(C)(O)C(F)(F)F)cn34)n2)C1. The van der Waals surface area contributed by atoms with Crippen LogP contribution in [0, 0.1) is 0 Å². The minimum atomic E-state index is -4.91. The van der Waals surface area contributed by atoms with Crippen molar-refractivity contribution in [3.8, 4) is 11.4 Å². The monoisotopic (exact) mass is 507 g/mol. The number of likely N-dealkylation sites (tertiary alicyclic amines) is 1. The Morgan fingerprint density at radius 3 is 2.61 bits per heavy atom. The number of hydrogen-bond donors (Lipinski definition) is 2. The summed E-state index contributed by atoms with van der Waals surface area (Å²) in [7, 11) is 0. The van der Waals surface area contributed by atoms with Gasteiger partial charge in [-0.1, -0.05) is 0 Å². The Balaban J connectivity index is 1.55. The molecule has 1 aliphatic heterocycles. The molecule has 4 rings (SSSR count). The zero-order valence-electron chi connectivity index (χ0n) is 20.4. The lowest BCUT2D eigenvalue weighted by molar-refractivity contribution is -0.260. The van der Waals surface area contributed by atoms with Gasteiger partial charge in [-0.2, -0.15) is 13.2 Å². The van der Waals surface area contributed by atoms with E-state index in [9.17, 15) is 23.1 Å². The molecule has 1 saturated heterocycles. The molecule has 0 bridgehead atoms. The summed E-state index contributed by atoms with van der Waals surface area (Å²) >= 11 is 0. The van der Waals surface area contributed by atoms with Crippen LogP contribution < -0.4 is 5.32 Å². The van der Waals surface area contributed by atoms with Crippen molar-refractivity contribution in [1.82, 2.24) is 29.2 Å². The summed E-state index contributed by atoms with van der Waals surface area (Å²) in [6.07, 6.45) is 1.52. The van der Waals surface area contributed by atoms with Crippen molar-refractivity contribution >= 4 is 17.7 Å². The van der Waals surface area contributed by atoms with Crippen LogP contribution >= 0.6 is 0 Å². The molecule has 2 unspecified atom stereocenters. The minimum absolute atomic E-state index is 0.110. The van der Waals surface area contributed by atoms with E-state index in [4.69, 9.17) is 4.74 Å². The van der Waals surface area contributed by atoms with Crippen LogP contribution in [0.5, 0.6) is 0 Å². The maximum atomic E-state index is 13.3. The van der Waals surface area contributed by atoms with Gasteiger partial charge < -0.3 is 20.1 Å². The second-order valence-corrected chi connectivity index (χ2v) is 9.89. The lowest BCUT2D eigenvalue weighted by Crippen LogP contribution is -2.47. The fourth-order valence-corrected chi connectivity index (χ4v) is 3.82. The standard InChI is InChI=1S/C23H28F3N7O3/c1-21(2,3)36-20(34)32-9-5-6-14(12-32)30-19-27-8-7-15(31-19)16-10-29-18-11-28-17(13-33(16)18)22(4,35)23(24,25)26/h7-8,10-11,13-14,35H,5-6,9,12H2,1-4H3,(H,27,30,31). The van der Waals surface area contributed by atoms with Crippen molar-refractivity contribution < 1.29 is 27.8 Å². The third kappa shape index (κ3) is 5.35. The zero-order valence-corrected chi connectivity index (χ0v) is 20.4. The summed E-state index contributed by atoms with van der Waals surface area (Å²) in [6.45, 7) is 7.09. The lowest BCUT2D eigenvalue weighted by Gasteiger charge is -2.34. The zero-order chi connectivity index (χ0) is 26.3. The van der Waals surface area contributed by atoms with Crippen molar-refractivity contribution in [2.75, 3.05) is 18.4 Å². The maximum absolute atomic E-state index is 13.3. The van der Waals surface area contributed by atoms with Gasteiger partial charge in [-0.05, 0) is 46.6 Å². The number of carbonyl (C=O) groups is 1. The van der Waals surface area contributed by atoms with Crippen LogP contribution in [0.1, 0.15) is 46.2 Å². The molecule has 1 amide bonds. The van der Waals surface area contributed by atoms with Gasteiger partial charge in [0.2, 0.25) is 11.5 Å². The molecule has 13 heteroatoms. The van der Waals surface area contributed by atoms with Crippen LogP contribution in [0.3, 0.4) is 0 Å². The molecule has 194 valence electrons. The molecule has 1 aliphatic rings. The summed E-state index contributed by atoms with van der Waals surface area (Å²) in [5, 5.41) is 13.3. The van der Waals surface area contributed by atoms with Gasteiger partial charge >= 0.3 is 12.3 Å². The van der Waals surface area contributed by atoms with Gasteiger partial charge in [-0.15, -0.1) is 0 Å². The van der Waals surface area contributed by atoms with Gasteiger partial charge in [0.25, 0.3) is 0 Å². The predicted molar refractivity (Wildman–Crippen MR) is 124 cm³/mol. The first-order valence-corrected chi connectivity index (χ1v) is 11.5. The highest BCUT2D eigenvalue weighted by Crippen LogP contribution is 2.37. The molecule has 2 N–H and O–H groups in total. The Morgan fingerprint density at radius 1 is 1.17 bits per heavy atom. The molecule has 10 nitrogen and oxygen atoms in total. The number of amides is 1. The molecular formula is C23H28F3N7O3. The summed E-state index contributed by atoms with van der Waals surface area (Å²) in [4.78, 5) is 30.8. The van der Waals surface area contributed by atoms with Crippen molar-refractivity contribution in [3.63, 3.8) is 0 Å². The first kappa shape index (κ1) is 25.6. The van der Waals surface area contributed by atoms with Crippen LogP contribution in [0.2, 0.25) is 0 Å². The molecule has 0 radical (unpaired) electrons. The Labute approximate surface area is 205 Å². The number of fused-ring (bicyclic) bond motifs is 1. The van der Waals surface area contributed by atoms with Crippen molar-refractivity contribution in [1.29, 1.82) is 0 Å². The molecule has 0 saturated carbocycles. The van der Waals surface area contributed by atoms with Crippen molar-refractivity contribution in [2.45, 2.75) is 64.0 Å². The van der Waals surface area contributed by atoms with Crippen LogP contribution in [0.25, 0.3) is 17.0 Å². The van der Waals surface area contributed by atoms with Crippen LogP contribution in [0.15, 0.2) is 30.9 Å². The van der Waals surface area contributed by atoms with Crippen LogP contribution in [-0.4, -0.2) is 71.3 Å². The number of halogens is 3. The largest absolute Gasteiger partial charge is 0.444 e. The van der Waals surface area contributed by atoms with Crippen LogP contribution in [0.4, 0.5) is 23.9 Å². The molecule has 0 aromatic carbocycles. The van der Waals surface area contributed by atoms with E-state index < -0.39 is 23.1 Å². The van der Waals surface area contributed by atoms with E-state index in [1.807, 2.05) is 20.8 Å². The normalized spacial score (nSPS) is 18.7. The molecular weight excluding hydrogens is 479 g/mol. The number of nitrogens with one attached hydrogen (secondary N) is 1. The number of nitrogens with zero attached hydrogens (tertiary/aromatic N) is 6. The Morgan fingerprint density at radius 2 is 1.92 bits per heavy atom. The summed E-state index contributed by atoms with van der Waals surface area (Å²) in [6, 6.07) is 1.49. The number of hydrogen-bond acceptors (Lipinski definition) is 8.